The molecule has 2 heterocycles. The van der Waals surface area contributed by atoms with Crippen molar-refractivity contribution in [3.05, 3.63) is 75.2 Å². The first-order valence-electron chi connectivity index (χ1n) is 9.29. The van der Waals surface area contributed by atoms with Crippen molar-refractivity contribution in [2.45, 2.75) is 24.3 Å². The third-order valence-corrected chi connectivity index (χ3v) is 6.47. The second kappa shape index (κ2) is 8.00. The molecular formula is C21H21ClN4O2S. The summed E-state index contributed by atoms with van der Waals surface area (Å²) < 4.78 is 3.27. The molecule has 1 atom stereocenters. The van der Waals surface area contributed by atoms with Crippen LogP contribution in [0.15, 0.2) is 58.2 Å². The van der Waals surface area contributed by atoms with E-state index in [9.17, 15) is 9.59 Å². The lowest BCUT2D eigenvalue weighted by molar-refractivity contribution is 0.248. The molecule has 0 spiro atoms. The number of hydrogen-bond acceptors (Lipinski definition) is 3. The molecule has 1 aliphatic rings. The number of carbonyl (C=O) groups excluding carboxylic acids is 1. The summed E-state index contributed by atoms with van der Waals surface area (Å²) in [5.74, 6) is 0.907. The number of amides is 2. The van der Waals surface area contributed by atoms with E-state index in [0.29, 0.717) is 10.7 Å². The van der Waals surface area contributed by atoms with Crippen LogP contribution in [0.2, 0.25) is 5.02 Å². The highest BCUT2D eigenvalue weighted by molar-refractivity contribution is 7.99. The van der Waals surface area contributed by atoms with Gasteiger partial charge in [0.25, 0.3) is 5.56 Å². The summed E-state index contributed by atoms with van der Waals surface area (Å²) in [7, 11) is 1.80. The van der Waals surface area contributed by atoms with Crippen LogP contribution in [0.4, 0.5) is 10.5 Å². The fourth-order valence-corrected chi connectivity index (χ4v) is 4.82. The van der Waals surface area contributed by atoms with Crippen LogP contribution in [0.3, 0.4) is 0 Å². The zero-order chi connectivity index (χ0) is 20.5. The number of nitrogens with one attached hydrogen (secondary N) is 2. The van der Waals surface area contributed by atoms with Crippen LogP contribution in [0, 0.1) is 6.92 Å². The second-order valence-corrected chi connectivity index (χ2v) is 8.48. The first-order chi connectivity index (χ1) is 14.0. The van der Waals surface area contributed by atoms with Gasteiger partial charge in [-0.15, -0.1) is 11.8 Å². The number of halogens is 1. The molecule has 6 nitrogen and oxygen atoms in total. The number of benzene rings is 2. The highest BCUT2D eigenvalue weighted by Gasteiger charge is 2.24. The van der Waals surface area contributed by atoms with E-state index >= 15 is 0 Å². The average Bonchev–Trinajstić information content (AvgIpc) is 2.92. The van der Waals surface area contributed by atoms with Gasteiger partial charge in [-0.2, -0.15) is 0 Å². The molecular weight excluding hydrogens is 408 g/mol. The Morgan fingerprint density at radius 1 is 1.21 bits per heavy atom. The van der Waals surface area contributed by atoms with Crippen molar-refractivity contribution in [1.82, 2.24) is 14.7 Å². The standard InChI is InChI=1S/C21H21ClN4O2S/c1-13-19(20(27)26(25(13)2)15-6-4-3-5-7-15)24-21(28)23-17-10-11-29-18-9-8-14(22)12-16(17)18/h3-9,12,17H,10-11H2,1-2H3,(H2,23,24,28)/t17-/m0/s1. The quantitative estimate of drug-likeness (QED) is 0.645. The van der Waals surface area contributed by atoms with Gasteiger partial charge >= 0.3 is 6.03 Å². The number of anilines is 1. The monoisotopic (exact) mass is 428 g/mol. The second-order valence-electron chi connectivity index (χ2n) is 6.91. The third-order valence-electron chi connectivity index (χ3n) is 5.11. The Labute approximate surface area is 177 Å². The molecule has 0 bridgehead atoms. The molecule has 0 unspecified atom stereocenters. The maximum atomic E-state index is 13.0. The van der Waals surface area contributed by atoms with E-state index in [1.54, 1.807) is 23.5 Å². The van der Waals surface area contributed by atoms with Gasteiger partial charge in [0.2, 0.25) is 0 Å². The van der Waals surface area contributed by atoms with E-state index < -0.39 is 6.03 Å². The smallest absolute Gasteiger partial charge is 0.319 e. The van der Waals surface area contributed by atoms with Gasteiger partial charge in [-0.05, 0) is 49.2 Å². The van der Waals surface area contributed by atoms with E-state index in [1.165, 1.54) is 4.68 Å². The summed E-state index contributed by atoms with van der Waals surface area (Å²) in [5, 5.41) is 6.39. The van der Waals surface area contributed by atoms with Crippen LogP contribution in [-0.4, -0.2) is 21.1 Å². The molecule has 0 fully saturated rings. The molecule has 1 aliphatic heterocycles. The van der Waals surface area contributed by atoms with Gasteiger partial charge in [-0.3, -0.25) is 9.48 Å². The van der Waals surface area contributed by atoms with E-state index in [1.807, 2.05) is 55.5 Å². The predicted molar refractivity (Wildman–Crippen MR) is 117 cm³/mol. The largest absolute Gasteiger partial charge is 0.331 e. The van der Waals surface area contributed by atoms with Crippen molar-refractivity contribution < 1.29 is 4.79 Å². The molecule has 1 aromatic heterocycles. The Kier molecular flexibility index (Phi) is 5.43. The fraction of sp³-hybridized carbons (Fsp3) is 0.238. The molecule has 2 amide bonds. The molecule has 2 aromatic carbocycles. The number of carbonyl (C=O) groups is 1. The van der Waals surface area contributed by atoms with Gasteiger partial charge in [0, 0.05) is 22.7 Å². The summed E-state index contributed by atoms with van der Waals surface area (Å²) in [6.07, 6.45) is 0.799. The van der Waals surface area contributed by atoms with Crippen LogP contribution in [-0.2, 0) is 7.05 Å². The van der Waals surface area contributed by atoms with E-state index in [4.69, 9.17) is 11.6 Å². The Morgan fingerprint density at radius 3 is 2.72 bits per heavy atom. The Bertz CT molecular complexity index is 1120. The number of hydrogen-bond donors (Lipinski definition) is 2. The Morgan fingerprint density at radius 2 is 1.97 bits per heavy atom. The number of nitrogens with zero attached hydrogens (tertiary/aromatic N) is 2. The minimum atomic E-state index is -0.404. The summed E-state index contributed by atoms with van der Waals surface area (Å²) in [6.45, 7) is 1.81. The van der Waals surface area contributed by atoms with E-state index in [2.05, 4.69) is 10.6 Å². The summed E-state index contributed by atoms with van der Waals surface area (Å²) in [6, 6.07) is 14.5. The SMILES string of the molecule is Cc1c(NC(=O)N[C@H]2CCSc3ccc(Cl)cc32)c(=O)n(-c2ccccc2)n1C. The number of fused-ring (bicyclic) bond motifs is 1. The third kappa shape index (κ3) is 3.80. The summed E-state index contributed by atoms with van der Waals surface area (Å²) >= 11 is 7.90. The maximum absolute atomic E-state index is 13.0. The zero-order valence-electron chi connectivity index (χ0n) is 16.1. The Balaban J connectivity index is 1.58. The van der Waals surface area contributed by atoms with Crippen molar-refractivity contribution in [3.8, 4) is 5.69 Å². The van der Waals surface area contributed by atoms with Gasteiger partial charge < -0.3 is 10.6 Å². The maximum Gasteiger partial charge on any atom is 0.319 e. The molecule has 150 valence electrons. The van der Waals surface area contributed by atoms with Crippen LogP contribution >= 0.6 is 23.4 Å². The average molecular weight is 429 g/mol. The van der Waals surface area contributed by atoms with Crippen molar-refractivity contribution in [3.63, 3.8) is 0 Å². The molecule has 0 aliphatic carbocycles. The lowest BCUT2D eigenvalue weighted by atomic mass is 10.0. The molecule has 4 rings (SSSR count). The van der Waals surface area contributed by atoms with Crippen molar-refractivity contribution >= 4 is 35.1 Å². The number of rotatable bonds is 3. The normalized spacial score (nSPS) is 15.6. The van der Waals surface area contributed by atoms with Crippen molar-refractivity contribution in [1.29, 1.82) is 0 Å². The van der Waals surface area contributed by atoms with Gasteiger partial charge in [0.05, 0.1) is 17.4 Å². The van der Waals surface area contributed by atoms with Crippen LogP contribution in [0.5, 0.6) is 0 Å². The summed E-state index contributed by atoms with van der Waals surface area (Å²) in [4.78, 5) is 26.8. The molecule has 0 radical (unpaired) electrons. The van der Waals surface area contributed by atoms with Gasteiger partial charge in [-0.25, -0.2) is 9.48 Å². The van der Waals surface area contributed by atoms with Gasteiger partial charge in [-0.1, -0.05) is 29.8 Å². The molecule has 3 aromatic rings. The minimum absolute atomic E-state index is 0.148. The fourth-order valence-electron chi connectivity index (χ4n) is 3.54. The highest BCUT2D eigenvalue weighted by Crippen LogP contribution is 2.37. The molecule has 29 heavy (non-hydrogen) atoms. The lowest BCUT2D eigenvalue weighted by Gasteiger charge is -2.26. The zero-order valence-corrected chi connectivity index (χ0v) is 17.7. The molecule has 0 saturated carbocycles. The predicted octanol–water partition coefficient (Wildman–Crippen LogP) is 4.50. The molecule has 8 heteroatoms. The van der Waals surface area contributed by atoms with Crippen molar-refractivity contribution in [2.75, 3.05) is 11.1 Å². The molecule has 0 saturated heterocycles. The van der Waals surface area contributed by atoms with Crippen molar-refractivity contribution in [2.24, 2.45) is 7.05 Å². The topological polar surface area (TPSA) is 68.1 Å². The molecule has 2 N–H and O–H groups in total. The number of para-hydroxylation sites is 1. The van der Waals surface area contributed by atoms with E-state index in [0.717, 1.165) is 28.3 Å². The van der Waals surface area contributed by atoms with Crippen LogP contribution in [0.25, 0.3) is 5.69 Å². The van der Waals surface area contributed by atoms with Crippen LogP contribution < -0.4 is 16.2 Å². The first-order valence-corrected chi connectivity index (χ1v) is 10.7. The van der Waals surface area contributed by atoms with E-state index in [-0.39, 0.29) is 17.3 Å². The van der Waals surface area contributed by atoms with Crippen LogP contribution in [0.1, 0.15) is 23.7 Å². The van der Waals surface area contributed by atoms with Gasteiger partial charge in [0.1, 0.15) is 5.69 Å². The minimum Gasteiger partial charge on any atom is -0.331 e. The Hall–Kier alpha value is -2.64. The number of aromatic nitrogens is 2. The summed E-state index contributed by atoms with van der Waals surface area (Å²) in [5.41, 5.74) is 2.43. The number of thioether (sulfide) groups is 1. The van der Waals surface area contributed by atoms with Gasteiger partial charge in [0.15, 0.2) is 0 Å². The lowest BCUT2D eigenvalue weighted by Crippen LogP contribution is -2.35. The number of urea groups is 1. The first kappa shape index (κ1) is 19.7. The highest BCUT2D eigenvalue weighted by atomic mass is 35.5.